The van der Waals surface area contributed by atoms with E-state index in [4.69, 9.17) is 0 Å². The topological polar surface area (TPSA) is 71.0 Å². The molecule has 1 amide bonds. The molecular formula is C20H22FN5OS2. The third-order valence-electron chi connectivity index (χ3n) is 5.02. The number of nitrogens with one attached hydrogen (secondary N) is 1. The lowest BCUT2D eigenvalue weighted by Crippen LogP contribution is -2.32. The first-order valence-corrected chi connectivity index (χ1v) is 11.3. The summed E-state index contributed by atoms with van der Waals surface area (Å²) in [5, 5.41) is 4.48. The highest BCUT2D eigenvalue weighted by Gasteiger charge is 2.21. The summed E-state index contributed by atoms with van der Waals surface area (Å²) in [4.78, 5) is 28.0. The Labute approximate surface area is 177 Å². The number of carbonyl (C=O) groups is 1. The van der Waals surface area contributed by atoms with Gasteiger partial charge in [-0.3, -0.25) is 4.79 Å². The van der Waals surface area contributed by atoms with Crippen molar-refractivity contribution >= 4 is 50.2 Å². The molecule has 1 aromatic carbocycles. The molecule has 0 radical (unpaired) electrons. The number of piperidine rings is 1. The molecule has 4 rings (SSSR count). The lowest BCUT2D eigenvalue weighted by atomic mass is 10.00. The van der Waals surface area contributed by atoms with Crippen LogP contribution in [0.15, 0.2) is 29.6 Å². The van der Waals surface area contributed by atoms with Crippen LogP contribution in [0.4, 0.5) is 15.2 Å². The van der Waals surface area contributed by atoms with E-state index in [-0.39, 0.29) is 17.5 Å². The molecule has 3 heterocycles. The summed E-state index contributed by atoms with van der Waals surface area (Å²) in [6, 6.07) is 4.35. The molecule has 2 aromatic heterocycles. The molecule has 0 spiro atoms. The summed E-state index contributed by atoms with van der Waals surface area (Å²) < 4.78 is 14.3. The van der Waals surface area contributed by atoms with Crippen molar-refractivity contribution in [1.82, 2.24) is 15.0 Å². The molecule has 3 aromatic rings. The minimum atomic E-state index is -0.375. The standard InChI is InChI=1S/C20H22FN5OS2/c1-12-5-7-26(8-6-12)20-25-18-17(29-20)19(23-11-22-18)28-10-16(27)24-15-9-14(21)4-3-13(15)2/h3-4,9,11-12H,5-8,10H2,1-2H3,(H,24,27). The van der Waals surface area contributed by atoms with Crippen LogP contribution in [0.3, 0.4) is 0 Å². The molecule has 0 bridgehead atoms. The monoisotopic (exact) mass is 431 g/mol. The van der Waals surface area contributed by atoms with Gasteiger partial charge in [0.1, 0.15) is 21.9 Å². The maximum atomic E-state index is 13.4. The minimum Gasteiger partial charge on any atom is -0.348 e. The number of aromatic nitrogens is 3. The summed E-state index contributed by atoms with van der Waals surface area (Å²) in [6.07, 6.45) is 3.83. The minimum absolute atomic E-state index is 0.177. The van der Waals surface area contributed by atoms with Gasteiger partial charge in [0.05, 0.1) is 5.75 Å². The first kappa shape index (κ1) is 20.0. The number of benzene rings is 1. The summed E-state index contributed by atoms with van der Waals surface area (Å²) in [7, 11) is 0. The number of rotatable bonds is 5. The van der Waals surface area contributed by atoms with Crippen molar-refractivity contribution in [3.8, 4) is 0 Å². The molecule has 6 nitrogen and oxygen atoms in total. The number of thiazole rings is 1. The van der Waals surface area contributed by atoms with E-state index in [9.17, 15) is 9.18 Å². The maximum absolute atomic E-state index is 13.4. The van der Waals surface area contributed by atoms with Gasteiger partial charge >= 0.3 is 0 Å². The number of hydrogen-bond acceptors (Lipinski definition) is 7. The number of nitrogens with zero attached hydrogens (tertiary/aromatic N) is 4. The Kier molecular flexibility index (Phi) is 5.96. The molecule has 0 unspecified atom stereocenters. The van der Waals surface area contributed by atoms with E-state index < -0.39 is 0 Å². The van der Waals surface area contributed by atoms with Gasteiger partial charge in [-0.2, -0.15) is 4.98 Å². The van der Waals surface area contributed by atoms with Gasteiger partial charge < -0.3 is 10.2 Å². The fourth-order valence-electron chi connectivity index (χ4n) is 3.21. The Morgan fingerprint density at radius 2 is 2.14 bits per heavy atom. The van der Waals surface area contributed by atoms with Crippen LogP contribution in [0.25, 0.3) is 10.3 Å². The second-order valence-electron chi connectivity index (χ2n) is 7.29. The normalized spacial score (nSPS) is 15.1. The van der Waals surface area contributed by atoms with Crippen molar-refractivity contribution in [2.45, 2.75) is 31.7 Å². The molecule has 0 saturated carbocycles. The number of amides is 1. The molecule has 1 fully saturated rings. The van der Waals surface area contributed by atoms with Crippen molar-refractivity contribution in [2.24, 2.45) is 5.92 Å². The van der Waals surface area contributed by atoms with Gasteiger partial charge in [-0.15, -0.1) is 0 Å². The van der Waals surface area contributed by atoms with Crippen molar-refractivity contribution in [1.29, 1.82) is 0 Å². The van der Waals surface area contributed by atoms with Crippen LogP contribution in [0.1, 0.15) is 25.3 Å². The zero-order chi connectivity index (χ0) is 20.4. The van der Waals surface area contributed by atoms with Gasteiger partial charge in [-0.05, 0) is 43.4 Å². The largest absolute Gasteiger partial charge is 0.348 e. The molecule has 1 aliphatic heterocycles. The molecule has 9 heteroatoms. The second kappa shape index (κ2) is 8.62. The fraction of sp³-hybridized carbons (Fsp3) is 0.400. The molecular weight excluding hydrogens is 409 g/mol. The zero-order valence-corrected chi connectivity index (χ0v) is 17.9. The SMILES string of the molecule is Cc1ccc(F)cc1NC(=O)CSc1ncnc2nc(N3CCC(C)CC3)sc12. The van der Waals surface area contributed by atoms with Crippen LogP contribution in [-0.4, -0.2) is 39.7 Å². The molecule has 152 valence electrons. The average molecular weight is 432 g/mol. The highest BCUT2D eigenvalue weighted by atomic mass is 32.2. The van der Waals surface area contributed by atoms with Crippen LogP contribution >= 0.6 is 23.1 Å². The number of thioether (sulfide) groups is 1. The summed E-state index contributed by atoms with van der Waals surface area (Å²) >= 11 is 2.92. The Bertz CT molecular complexity index is 1030. The average Bonchev–Trinajstić information content (AvgIpc) is 3.14. The third-order valence-corrected chi connectivity index (χ3v) is 7.25. The predicted octanol–water partition coefficient (Wildman–Crippen LogP) is 4.50. The first-order chi connectivity index (χ1) is 14.0. The lowest BCUT2D eigenvalue weighted by Gasteiger charge is -2.29. The Morgan fingerprint density at radius 1 is 1.34 bits per heavy atom. The van der Waals surface area contributed by atoms with Gasteiger partial charge in [-0.25, -0.2) is 14.4 Å². The van der Waals surface area contributed by atoms with E-state index in [0.29, 0.717) is 11.3 Å². The van der Waals surface area contributed by atoms with Gasteiger partial charge in [0.15, 0.2) is 10.8 Å². The first-order valence-electron chi connectivity index (χ1n) is 9.55. The lowest BCUT2D eigenvalue weighted by molar-refractivity contribution is -0.113. The van der Waals surface area contributed by atoms with Crippen molar-refractivity contribution in [2.75, 3.05) is 29.1 Å². The number of carbonyl (C=O) groups excluding carboxylic acids is 1. The number of fused-ring (bicyclic) bond motifs is 1. The van der Waals surface area contributed by atoms with E-state index in [2.05, 4.69) is 32.1 Å². The molecule has 1 saturated heterocycles. The predicted molar refractivity (Wildman–Crippen MR) is 116 cm³/mol. The maximum Gasteiger partial charge on any atom is 0.234 e. The fourth-order valence-corrected chi connectivity index (χ4v) is 5.15. The van der Waals surface area contributed by atoms with Crippen LogP contribution in [-0.2, 0) is 4.79 Å². The van der Waals surface area contributed by atoms with Crippen LogP contribution < -0.4 is 10.2 Å². The van der Waals surface area contributed by atoms with Gasteiger partial charge in [-0.1, -0.05) is 36.1 Å². The molecule has 1 aliphatic rings. The molecule has 0 atom stereocenters. The number of anilines is 2. The van der Waals surface area contributed by atoms with Gasteiger partial charge in [0, 0.05) is 18.8 Å². The highest BCUT2D eigenvalue weighted by Crippen LogP contribution is 2.35. The Balaban J connectivity index is 1.45. The number of halogens is 1. The third kappa shape index (κ3) is 4.67. The number of aryl methyl sites for hydroxylation is 1. The van der Waals surface area contributed by atoms with E-state index in [1.165, 1.54) is 43.1 Å². The molecule has 29 heavy (non-hydrogen) atoms. The van der Waals surface area contributed by atoms with E-state index >= 15 is 0 Å². The van der Waals surface area contributed by atoms with E-state index in [0.717, 1.165) is 39.4 Å². The summed E-state index contributed by atoms with van der Waals surface area (Å²) in [5.74, 6) is 0.355. The van der Waals surface area contributed by atoms with E-state index in [1.54, 1.807) is 17.4 Å². The van der Waals surface area contributed by atoms with Crippen LogP contribution in [0.2, 0.25) is 0 Å². The van der Waals surface area contributed by atoms with Crippen molar-refractivity contribution < 1.29 is 9.18 Å². The molecule has 0 aliphatic carbocycles. The van der Waals surface area contributed by atoms with Gasteiger partial charge in [0.2, 0.25) is 5.91 Å². The Morgan fingerprint density at radius 3 is 2.93 bits per heavy atom. The quantitative estimate of drug-likeness (QED) is 0.474. The van der Waals surface area contributed by atoms with Crippen molar-refractivity contribution in [3.63, 3.8) is 0 Å². The van der Waals surface area contributed by atoms with Gasteiger partial charge in [0.25, 0.3) is 0 Å². The summed E-state index contributed by atoms with van der Waals surface area (Å²) in [5.41, 5.74) is 1.97. The zero-order valence-electron chi connectivity index (χ0n) is 16.3. The van der Waals surface area contributed by atoms with E-state index in [1.807, 2.05) is 6.92 Å². The van der Waals surface area contributed by atoms with Crippen molar-refractivity contribution in [3.05, 3.63) is 35.9 Å². The Hall–Kier alpha value is -2.26. The summed E-state index contributed by atoms with van der Waals surface area (Å²) in [6.45, 7) is 6.13. The van der Waals surface area contributed by atoms with Crippen LogP contribution in [0.5, 0.6) is 0 Å². The number of hydrogen-bond donors (Lipinski definition) is 1. The smallest absolute Gasteiger partial charge is 0.234 e. The second-order valence-corrected chi connectivity index (χ2v) is 9.24. The molecule has 1 N–H and O–H groups in total. The highest BCUT2D eigenvalue weighted by molar-refractivity contribution is 8.00. The van der Waals surface area contributed by atoms with Crippen LogP contribution in [0, 0.1) is 18.7 Å².